The summed E-state index contributed by atoms with van der Waals surface area (Å²) >= 11 is 0. The molecule has 4 N–H and O–H groups in total. The van der Waals surface area contributed by atoms with Gasteiger partial charge < -0.3 is 16.0 Å². The van der Waals surface area contributed by atoms with Gasteiger partial charge in [0.2, 0.25) is 0 Å². The second-order valence-corrected chi connectivity index (χ2v) is 1.78. The summed E-state index contributed by atoms with van der Waals surface area (Å²) in [4.78, 5) is 3.80. The molecule has 0 aliphatic rings. The summed E-state index contributed by atoms with van der Waals surface area (Å²) in [5, 5.41) is 3.25. The van der Waals surface area contributed by atoms with Gasteiger partial charge in [0, 0.05) is 0 Å². The smallest absolute Gasteiger partial charge is 0.193 e. The van der Waals surface area contributed by atoms with Crippen LogP contribution in [0.5, 0.6) is 0 Å². The van der Waals surface area contributed by atoms with Crippen molar-refractivity contribution in [3.8, 4) is 0 Å². The highest BCUT2D eigenvalue weighted by atomic mass is 16.3. The lowest BCUT2D eigenvalue weighted by Crippen LogP contribution is -2.15. The largest absolute Gasteiger partial charge is 0.440 e. The fourth-order valence-electron chi connectivity index (χ4n) is 0.606. The van der Waals surface area contributed by atoms with Crippen molar-refractivity contribution in [2.75, 3.05) is 0 Å². The summed E-state index contributed by atoms with van der Waals surface area (Å²) in [6.45, 7) is 1.76. The first-order chi connectivity index (χ1) is 4.75. The molecule has 0 saturated carbocycles. The van der Waals surface area contributed by atoms with E-state index >= 15 is 0 Å². The van der Waals surface area contributed by atoms with Gasteiger partial charge in [0.25, 0.3) is 0 Å². The van der Waals surface area contributed by atoms with E-state index < -0.39 is 0 Å². The molecule has 54 valence electrons. The number of hydrogen-bond donors (Lipinski definition) is 2. The standard InChI is InChI=1S/C5H8N4O/c1-3-4(5(6)9-7)10-2-8-3/h2H,7H2,1H3,(H2,6,9). The van der Waals surface area contributed by atoms with Gasteiger partial charge in [0.15, 0.2) is 18.0 Å². The predicted octanol–water partition coefficient (Wildman–Crippen LogP) is -0.438. The maximum absolute atomic E-state index is 5.33. The fraction of sp³-hybridized carbons (Fsp3) is 0.200. The highest BCUT2D eigenvalue weighted by Crippen LogP contribution is 2.02. The molecule has 5 nitrogen and oxygen atoms in total. The molecule has 1 rings (SSSR count). The van der Waals surface area contributed by atoms with Gasteiger partial charge >= 0.3 is 0 Å². The zero-order chi connectivity index (χ0) is 7.56. The van der Waals surface area contributed by atoms with Crippen LogP contribution in [0.15, 0.2) is 15.9 Å². The van der Waals surface area contributed by atoms with Crippen LogP contribution in [0, 0.1) is 6.92 Å². The highest BCUT2D eigenvalue weighted by molar-refractivity contribution is 5.95. The summed E-state index contributed by atoms with van der Waals surface area (Å²) in [6, 6.07) is 0. The molecular formula is C5H8N4O. The Labute approximate surface area is 57.7 Å². The minimum absolute atomic E-state index is 0.162. The Kier molecular flexibility index (Phi) is 1.57. The zero-order valence-electron chi connectivity index (χ0n) is 5.53. The molecule has 0 aliphatic heterocycles. The number of hydrazone groups is 1. The first kappa shape index (κ1) is 6.60. The van der Waals surface area contributed by atoms with E-state index in [4.69, 9.17) is 16.0 Å². The molecular weight excluding hydrogens is 132 g/mol. The van der Waals surface area contributed by atoms with Crippen LogP contribution in [-0.4, -0.2) is 10.8 Å². The predicted molar refractivity (Wildman–Crippen MR) is 36.2 cm³/mol. The average molecular weight is 140 g/mol. The number of hydrogen-bond acceptors (Lipinski definition) is 4. The van der Waals surface area contributed by atoms with Gasteiger partial charge in [-0.1, -0.05) is 0 Å². The van der Waals surface area contributed by atoms with Crippen molar-refractivity contribution < 1.29 is 4.42 Å². The molecule has 1 heterocycles. The Balaban J connectivity index is 3.05. The number of amidine groups is 1. The summed E-state index contributed by atoms with van der Waals surface area (Å²) in [6.07, 6.45) is 1.29. The number of aromatic nitrogens is 1. The lowest BCUT2D eigenvalue weighted by atomic mass is 10.3. The molecule has 0 bridgehead atoms. The monoisotopic (exact) mass is 140 g/mol. The van der Waals surface area contributed by atoms with Crippen LogP contribution in [0.3, 0.4) is 0 Å². The fourth-order valence-corrected chi connectivity index (χ4v) is 0.606. The van der Waals surface area contributed by atoms with Gasteiger partial charge in [-0.25, -0.2) is 4.98 Å². The molecule has 0 spiro atoms. The van der Waals surface area contributed by atoms with Crippen LogP contribution in [0.4, 0.5) is 0 Å². The molecule has 5 heteroatoms. The quantitative estimate of drug-likeness (QED) is 0.239. The minimum Gasteiger partial charge on any atom is -0.440 e. The van der Waals surface area contributed by atoms with Crippen molar-refractivity contribution in [2.45, 2.75) is 6.92 Å². The number of nitrogens with two attached hydrogens (primary N) is 2. The normalized spacial score (nSPS) is 11.9. The Hall–Kier alpha value is -1.52. The second-order valence-electron chi connectivity index (χ2n) is 1.78. The van der Waals surface area contributed by atoms with E-state index in [0.717, 1.165) is 0 Å². The average Bonchev–Trinajstić information content (AvgIpc) is 2.34. The van der Waals surface area contributed by atoms with Gasteiger partial charge in [-0.05, 0) is 6.92 Å². The number of aryl methyl sites for hydroxylation is 1. The van der Waals surface area contributed by atoms with Crippen molar-refractivity contribution in [1.29, 1.82) is 0 Å². The first-order valence-electron chi connectivity index (χ1n) is 2.69. The van der Waals surface area contributed by atoms with Crippen molar-refractivity contribution in [3.05, 3.63) is 17.8 Å². The van der Waals surface area contributed by atoms with Crippen LogP contribution in [0.25, 0.3) is 0 Å². The molecule has 0 unspecified atom stereocenters. The van der Waals surface area contributed by atoms with E-state index in [-0.39, 0.29) is 5.84 Å². The second kappa shape index (κ2) is 2.38. The van der Waals surface area contributed by atoms with Crippen LogP contribution in [0.1, 0.15) is 11.5 Å². The molecule has 0 aromatic carbocycles. The number of rotatable bonds is 1. The van der Waals surface area contributed by atoms with Crippen molar-refractivity contribution in [3.63, 3.8) is 0 Å². The Morgan fingerprint density at radius 3 is 2.90 bits per heavy atom. The molecule has 0 amide bonds. The highest BCUT2D eigenvalue weighted by Gasteiger charge is 2.06. The van der Waals surface area contributed by atoms with Crippen molar-refractivity contribution in [2.24, 2.45) is 16.7 Å². The van der Waals surface area contributed by atoms with E-state index in [9.17, 15) is 0 Å². The lowest BCUT2D eigenvalue weighted by Gasteiger charge is -1.91. The zero-order valence-corrected chi connectivity index (χ0v) is 5.53. The minimum atomic E-state index is 0.162. The molecule has 0 aliphatic carbocycles. The SMILES string of the molecule is Cc1ncoc1/C(N)=N/N. The molecule has 0 radical (unpaired) electrons. The van der Waals surface area contributed by atoms with Gasteiger partial charge in [-0.15, -0.1) is 0 Å². The molecule has 0 atom stereocenters. The Bertz CT molecular complexity index is 252. The van der Waals surface area contributed by atoms with Crippen molar-refractivity contribution >= 4 is 5.84 Å². The Morgan fingerprint density at radius 2 is 2.50 bits per heavy atom. The van der Waals surface area contributed by atoms with E-state index in [2.05, 4.69) is 10.1 Å². The van der Waals surface area contributed by atoms with Gasteiger partial charge in [-0.3, -0.25) is 0 Å². The summed E-state index contributed by atoms with van der Waals surface area (Å²) in [5.41, 5.74) is 6.02. The van der Waals surface area contributed by atoms with Crippen LogP contribution < -0.4 is 11.6 Å². The van der Waals surface area contributed by atoms with Gasteiger partial charge in [0.05, 0.1) is 5.69 Å². The van der Waals surface area contributed by atoms with E-state index in [1.54, 1.807) is 6.92 Å². The maximum atomic E-state index is 5.33. The third kappa shape index (κ3) is 0.928. The van der Waals surface area contributed by atoms with Gasteiger partial charge in [0.1, 0.15) is 0 Å². The molecule has 1 aromatic rings. The third-order valence-corrected chi connectivity index (χ3v) is 1.12. The van der Waals surface area contributed by atoms with E-state index in [1.807, 2.05) is 0 Å². The third-order valence-electron chi connectivity index (χ3n) is 1.12. The van der Waals surface area contributed by atoms with Crippen molar-refractivity contribution in [1.82, 2.24) is 4.98 Å². The summed E-state index contributed by atoms with van der Waals surface area (Å²) in [5.74, 6) is 5.50. The first-order valence-corrected chi connectivity index (χ1v) is 2.69. The molecule has 0 saturated heterocycles. The number of oxazole rings is 1. The van der Waals surface area contributed by atoms with Crippen LogP contribution in [-0.2, 0) is 0 Å². The number of nitrogens with zero attached hydrogens (tertiary/aromatic N) is 2. The Morgan fingerprint density at radius 1 is 1.80 bits per heavy atom. The topological polar surface area (TPSA) is 90.4 Å². The lowest BCUT2D eigenvalue weighted by molar-refractivity contribution is 0.546. The maximum Gasteiger partial charge on any atom is 0.193 e. The molecule has 10 heavy (non-hydrogen) atoms. The van der Waals surface area contributed by atoms with Crippen LogP contribution >= 0.6 is 0 Å². The van der Waals surface area contributed by atoms with Gasteiger partial charge in [-0.2, -0.15) is 5.10 Å². The molecule has 1 aromatic heterocycles. The summed E-state index contributed by atoms with van der Waals surface area (Å²) in [7, 11) is 0. The summed E-state index contributed by atoms with van der Waals surface area (Å²) < 4.78 is 4.87. The molecule has 0 fully saturated rings. The van der Waals surface area contributed by atoms with Crippen LogP contribution in [0.2, 0.25) is 0 Å². The van der Waals surface area contributed by atoms with E-state index in [1.165, 1.54) is 6.39 Å². The van der Waals surface area contributed by atoms with E-state index in [0.29, 0.717) is 11.5 Å².